The van der Waals surface area contributed by atoms with Gasteiger partial charge in [0.05, 0.1) is 10.9 Å². The molecule has 2 rings (SSSR count). The SMILES string of the molecule is Cc1cc(Br)c2nc(Cl)n(C(C)C)c(=O)c2c1. The van der Waals surface area contributed by atoms with Gasteiger partial charge in [-0.25, -0.2) is 4.98 Å². The Labute approximate surface area is 113 Å². The highest BCUT2D eigenvalue weighted by Crippen LogP contribution is 2.24. The fraction of sp³-hybridized carbons (Fsp3) is 0.333. The molecule has 0 saturated carbocycles. The average molecular weight is 316 g/mol. The Bertz CT molecular complexity index is 649. The molecule has 1 heterocycles. The first-order valence-corrected chi connectivity index (χ1v) is 6.47. The summed E-state index contributed by atoms with van der Waals surface area (Å²) in [6.07, 6.45) is 0. The van der Waals surface area contributed by atoms with Gasteiger partial charge < -0.3 is 0 Å². The zero-order valence-corrected chi connectivity index (χ0v) is 12.1. The third kappa shape index (κ3) is 2.11. The zero-order valence-electron chi connectivity index (χ0n) is 9.79. The molecular weight excluding hydrogens is 304 g/mol. The van der Waals surface area contributed by atoms with Gasteiger partial charge in [0, 0.05) is 10.5 Å². The Balaban J connectivity index is 2.97. The van der Waals surface area contributed by atoms with Crippen molar-refractivity contribution in [3.63, 3.8) is 0 Å². The molecule has 0 radical (unpaired) electrons. The van der Waals surface area contributed by atoms with Crippen LogP contribution in [0, 0.1) is 6.92 Å². The van der Waals surface area contributed by atoms with Crippen LogP contribution in [0.4, 0.5) is 0 Å². The van der Waals surface area contributed by atoms with Gasteiger partial charge in [-0.05, 0) is 66.0 Å². The Kier molecular flexibility index (Phi) is 3.27. The van der Waals surface area contributed by atoms with Crippen molar-refractivity contribution in [3.8, 4) is 0 Å². The third-order valence-corrected chi connectivity index (χ3v) is 3.45. The van der Waals surface area contributed by atoms with Gasteiger partial charge >= 0.3 is 0 Å². The quantitative estimate of drug-likeness (QED) is 0.752. The summed E-state index contributed by atoms with van der Waals surface area (Å²) in [5.74, 6) is 0. The van der Waals surface area contributed by atoms with Gasteiger partial charge in [-0.1, -0.05) is 0 Å². The van der Waals surface area contributed by atoms with E-state index in [1.165, 1.54) is 4.57 Å². The Morgan fingerprint density at radius 1 is 1.41 bits per heavy atom. The van der Waals surface area contributed by atoms with E-state index >= 15 is 0 Å². The summed E-state index contributed by atoms with van der Waals surface area (Å²) in [6.45, 7) is 5.76. The Hall–Kier alpha value is -0.870. The van der Waals surface area contributed by atoms with Crippen LogP contribution in [0.25, 0.3) is 10.9 Å². The van der Waals surface area contributed by atoms with Gasteiger partial charge in [0.2, 0.25) is 5.28 Å². The lowest BCUT2D eigenvalue weighted by Gasteiger charge is -2.13. The number of halogens is 2. The summed E-state index contributed by atoms with van der Waals surface area (Å²) in [4.78, 5) is 16.6. The normalized spacial score (nSPS) is 11.4. The third-order valence-electron chi connectivity index (χ3n) is 2.58. The molecular formula is C12H12BrClN2O. The number of aryl methyl sites for hydroxylation is 1. The van der Waals surface area contributed by atoms with E-state index in [1.807, 2.05) is 32.9 Å². The van der Waals surface area contributed by atoms with Crippen LogP contribution in [-0.4, -0.2) is 9.55 Å². The molecule has 0 spiro atoms. The molecule has 1 aromatic heterocycles. The molecule has 0 atom stereocenters. The molecule has 1 aromatic carbocycles. The summed E-state index contributed by atoms with van der Waals surface area (Å²) < 4.78 is 2.29. The van der Waals surface area contributed by atoms with E-state index in [1.54, 1.807) is 0 Å². The van der Waals surface area contributed by atoms with Crippen LogP contribution in [-0.2, 0) is 0 Å². The standard InChI is InChI=1S/C12H12BrClN2O/c1-6(2)16-11(17)8-4-7(3)5-9(13)10(8)15-12(16)14/h4-6H,1-3H3. The van der Waals surface area contributed by atoms with E-state index in [4.69, 9.17) is 11.6 Å². The highest BCUT2D eigenvalue weighted by Gasteiger charge is 2.13. The lowest BCUT2D eigenvalue weighted by Crippen LogP contribution is -2.24. The summed E-state index contributed by atoms with van der Waals surface area (Å²) in [7, 11) is 0. The second-order valence-corrected chi connectivity index (χ2v) is 5.49. The van der Waals surface area contributed by atoms with E-state index in [9.17, 15) is 4.79 Å². The maximum Gasteiger partial charge on any atom is 0.262 e. The lowest BCUT2D eigenvalue weighted by molar-refractivity contribution is 0.574. The van der Waals surface area contributed by atoms with Gasteiger partial charge in [0.1, 0.15) is 0 Å². The number of nitrogens with zero attached hydrogens (tertiary/aromatic N) is 2. The first kappa shape index (κ1) is 12.6. The van der Waals surface area contributed by atoms with Crippen molar-refractivity contribution in [2.24, 2.45) is 0 Å². The summed E-state index contributed by atoms with van der Waals surface area (Å²) >= 11 is 9.45. The van der Waals surface area contributed by atoms with Crippen molar-refractivity contribution >= 4 is 38.4 Å². The minimum atomic E-state index is -0.0978. The fourth-order valence-electron chi connectivity index (χ4n) is 1.82. The van der Waals surface area contributed by atoms with Crippen molar-refractivity contribution in [3.05, 3.63) is 37.8 Å². The van der Waals surface area contributed by atoms with E-state index in [-0.39, 0.29) is 16.9 Å². The zero-order chi connectivity index (χ0) is 12.7. The molecule has 3 nitrogen and oxygen atoms in total. The topological polar surface area (TPSA) is 34.9 Å². The lowest BCUT2D eigenvalue weighted by atomic mass is 10.1. The summed E-state index contributed by atoms with van der Waals surface area (Å²) in [6, 6.07) is 3.75. The van der Waals surface area contributed by atoms with Gasteiger partial charge in [0.15, 0.2) is 0 Å². The monoisotopic (exact) mass is 314 g/mol. The number of fused-ring (bicyclic) bond motifs is 1. The van der Waals surface area contributed by atoms with Gasteiger partial charge in [-0.2, -0.15) is 0 Å². The van der Waals surface area contributed by atoms with Crippen molar-refractivity contribution in [1.82, 2.24) is 9.55 Å². The van der Waals surface area contributed by atoms with E-state index in [0.717, 1.165) is 10.0 Å². The second-order valence-electron chi connectivity index (χ2n) is 4.29. The number of rotatable bonds is 1. The molecule has 0 fully saturated rings. The molecule has 2 aromatic rings. The van der Waals surface area contributed by atoms with Crippen LogP contribution in [0.5, 0.6) is 0 Å². The van der Waals surface area contributed by atoms with Gasteiger partial charge in [-0.15, -0.1) is 0 Å². The second kappa shape index (κ2) is 4.42. The van der Waals surface area contributed by atoms with Crippen molar-refractivity contribution in [2.75, 3.05) is 0 Å². The van der Waals surface area contributed by atoms with Crippen molar-refractivity contribution < 1.29 is 0 Å². The van der Waals surface area contributed by atoms with Crippen molar-refractivity contribution in [1.29, 1.82) is 0 Å². The highest BCUT2D eigenvalue weighted by molar-refractivity contribution is 9.10. The molecule has 5 heteroatoms. The van der Waals surface area contributed by atoms with Gasteiger partial charge in [-0.3, -0.25) is 9.36 Å². The first-order valence-electron chi connectivity index (χ1n) is 5.29. The summed E-state index contributed by atoms with van der Waals surface area (Å²) in [5.41, 5.74) is 1.53. The van der Waals surface area contributed by atoms with Crippen molar-refractivity contribution in [2.45, 2.75) is 26.8 Å². The minimum absolute atomic E-state index is 0.00816. The van der Waals surface area contributed by atoms with Crippen LogP contribution in [0.2, 0.25) is 5.28 Å². The fourth-order valence-corrected chi connectivity index (χ4v) is 2.84. The maximum atomic E-state index is 12.3. The molecule has 0 aliphatic rings. The first-order chi connectivity index (χ1) is 7.91. The van der Waals surface area contributed by atoms with Crippen LogP contribution in [0.15, 0.2) is 21.4 Å². The molecule has 0 bridgehead atoms. The highest BCUT2D eigenvalue weighted by atomic mass is 79.9. The number of hydrogen-bond donors (Lipinski definition) is 0. The molecule has 0 aliphatic heterocycles. The van der Waals surface area contributed by atoms with Crippen LogP contribution in [0.1, 0.15) is 25.5 Å². The number of aromatic nitrogens is 2. The largest absolute Gasteiger partial charge is 0.280 e. The van der Waals surface area contributed by atoms with Gasteiger partial charge in [0.25, 0.3) is 5.56 Å². The van der Waals surface area contributed by atoms with Crippen LogP contribution >= 0.6 is 27.5 Å². The van der Waals surface area contributed by atoms with E-state index in [2.05, 4.69) is 20.9 Å². The maximum absolute atomic E-state index is 12.3. The molecule has 0 N–H and O–H groups in total. The van der Waals surface area contributed by atoms with Crippen LogP contribution in [0.3, 0.4) is 0 Å². The molecule has 0 amide bonds. The smallest absolute Gasteiger partial charge is 0.262 e. The molecule has 90 valence electrons. The predicted molar refractivity (Wildman–Crippen MR) is 73.8 cm³/mol. The predicted octanol–water partition coefficient (Wildman–Crippen LogP) is 3.70. The van der Waals surface area contributed by atoms with Crippen LogP contribution < -0.4 is 5.56 Å². The van der Waals surface area contributed by atoms with E-state index in [0.29, 0.717) is 10.9 Å². The molecule has 17 heavy (non-hydrogen) atoms. The molecule has 0 unspecified atom stereocenters. The Morgan fingerprint density at radius 3 is 2.65 bits per heavy atom. The van der Waals surface area contributed by atoms with E-state index < -0.39 is 0 Å². The molecule has 0 aliphatic carbocycles. The minimum Gasteiger partial charge on any atom is -0.280 e. The average Bonchev–Trinajstić information content (AvgIpc) is 2.19. The Morgan fingerprint density at radius 2 is 2.06 bits per heavy atom. The summed E-state index contributed by atoms with van der Waals surface area (Å²) in [5, 5.41) is 0.817. The number of benzene rings is 1. The molecule has 0 saturated heterocycles. The number of hydrogen-bond acceptors (Lipinski definition) is 2.